The molecule has 1 fully saturated rings. The van der Waals surface area contributed by atoms with Crippen LogP contribution in [0.4, 0.5) is 0 Å². The fraction of sp³-hybridized carbons (Fsp3) is 0.579. The minimum atomic E-state index is -0.0171. The van der Waals surface area contributed by atoms with Gasteiger partial charge < -0.3 is 10.6 Å². The van der Waals surface area contributed by atoms with Crippen molar-refractivity contribution in [2.24, 2.45) is 5.73 Å². The average molecular weight is 353 g/mol. The number of Topliss-reactive ketones (excluding diaryl/α,β-unsaturated/α-hetero) is 1. The number of rotatable bonds is 6. The molecule has 2 N–H and O–H groups in total. The number of ketones is 1. The molecule has 1 heterocycles. The highest BCUT2D eigenvalue weighted by atomic mass is 35.5. The molecule has 0 bridgehead atoms. The van der Waals surface area contributed by atoms with E-state index in [9.17, 15) is 9.59 Å². The van der Waals surface area contributed by atoms with Crippen molar-refractivity contribution in [1.82, 2.24) is 4.90 Å². The first-order valence-electron chi connectivity index (χ1n) is 8.70. The standard InChI is InChI=1S/C19H28N2O2.ClH/c1-3-15-7-9-16(10-8-15)18(22)11-12-19(23)21-13-5-4-6-17(21)14(2)20;/h7-10,14,17H,3-6,11-13,20H2,1-2H3;1H. The number of hydrogen-bond acceptors (Lipinski definition) is 3. The molecule has 134 valence electrons. The van der Waals surface area contributed by atoms with Crippen LogP contribution >= 0.6 is 12.4 Å². The number of aryl methyl sites for hydroxylation is 1. The second-order valence-corrected chi connectivity index (χ2v) is 6.48. The Labute approximate surface area is 151 Å². The lowest BCUT2D eigenvalue weighted by atomic mass is 9.96. The van der Waals surface area contributed by atoms with Gasteiger partial charge in [0.05, 0.1) is 0 Å². The van der Waals surface area contributed by atoms with Gasteiger partial charge >= 0.3 is 0 Å². The van der Waals surface area contributed by atoms with Gasteiger partial charge in [-0.05, 0) is 38.2 Å². The third-order valence-corrected chi connectivity index (χ3v) is 4.73. The molecule has 0 aliphatic carbocycles. The highest BCUT2D eigenvalue weighted by Gasteiger charge is 2.29. The van der Waals surface area contributed by atoms with Crippen LogP contribution in [0.3, 0.4) is 0 Å². The summed E-state index contributed by atoms with van der Waals surface area (Å²) in [7, 11) is 0. The van der Waals surface area contributed by atoms with E-state index in [0.717, 1.165) is 32.2 Å². The van der Waals surface area contributed by atoms with Crippen LogP contribution in [0.25, 0.3) is 0 Å². The molecule has 1 amide bonds. The molecular weight excluding hydrogens is 324 g/mol. The highest BCUT2D eigenvalue weighted by molar-refractivity contribution is 5.98. The van der Waals surface area contributed by atoms with Gasteiger partial charge in [-0.25, -0.2) is 0 Å². The lowest BCUT2D eigenvalue weighted by Crippen LogP contribution is -2.51. The number of benzene rings is 1. The monoisotopic (exact) mass is 352 g/mol. The predicted octanol–water partition coefficient (Wildman–Crippen LogP) is 3.36. The predicted molar refractivity (Wildman–Crippen MR) is 99.6 cm³/mol. The van der Waals surface area contributed by atoms with Crippen LogP contribution in [0.2, 0.25) is 0 Å². The molecule has 0 spiro atoms. The van der Waals surface area contributed by atoms with Crippen molar-refractivity contribution >= 4 is 24.1 Å². The van der Waals surface area contributed by atoms with E-state index in [4.69, 9.17) is 5.73 Å². The summed E-state index contributed by atoms with van der Waals surface area (Å²) in [5.41, 5.74) is 7.91. The molecule has 0 radical (unpaired) electrons. The lowest BCUT2D eigenvalue weighted by molar-refractivity contribution is -0.135. The molecular formula is C19H29ClN2O2. The summed E-state index contributed by atoms with van der Waals surface area (Å²) in [5, 5.41) is 0. The summed E-state index contributed by atoms with van der Waals surface area (Å²) in [4.78, 5) is 26.6. The first-order valence-corrected chi connectivity index (χ1v) is 8.70. The van der Waals surface area contributed by atoms with E-state index in [1.165, 1.54) is 5.56 Å². The molecule has 5 heteroatoms. The Morgan fingerprint density at radius 3 is 2.46 bits per heavy atom. The number of nitrogens with two attached hydrogens (primary N) is 1. The van der Waals surface area contributed by atoms with Crippen LogP contribution in [0.5, 0.6) is 0 Å². The summed E-state index contributed by atoms with van der Waals surface area (Å²) in [6, 6.07) is 7.78. The summed E-state index contributed by atoms with van der Waals surface area (Å²) in [6.45, 7) is 4.81. The molecule has 0 saturated carbocycles. The normalized spacial score (nSPS) is 18.6. The number of hydrogen-bond donors (Lipinski definition) is 1. The summed E-state index contributed by atoms with van der Waals surface area (Å²) < 4.78 is 0. The highest BCUT2D eigenvalue weighted by Crippen LogP contribution is 2.20. The van der Waals surface area contributed by atoms with Gasteiger partial charge in [0.15, 0.2) is 5.78 Å². The summed E-state index contributed by atoms with van der Waals surface area (Å²) in [5.74, 6) is 0.0980. The summed E-state index contributed by atoms with van der Waals surface area (Å²) >= 11 is 0. The quantitative estimate of drug-likeness (QED) is 0.798. The zero-order chi connectivity index (χ0) is 16.8. The van der Waals surface area contributed by atoms with E-state index in [1.807, 2.05) is 36.1 Å². The first-order chi connectivity index (χ1) is 11.0. The second kappa shape index (κ2) is 9.80. The number of carbonyl (C=O) groups excluding carboxylic acids is 2. The molecule has 1 aliphatic rings. The van der Waals surface area contributed by atoms with Crippen LogP contribution in [0, 0.1) is 0 Å². The van der Waals surface area contributed by atoms with Gasteiger partial charge in [-0.2, -0.15) is 0 Å². The molecule has 24 heavy (non-hydrogen) atoms. The number of piperidine rings is 1. The Morgan fingerprint density at radius 1 is 1.21 bits per heavy atom. The van der Waals surface area contributed by atoms with Crippen LogP contribution < -0.4 is 5.73 Å². The largest absolute Gasteiger partial charge is 0.338 e. The van der Waals surface area contributed by atoms with Gasteiger partial charge in [0.25, 0.3) is 0 Å². The van der Waals surface area contributed by atoms with E-state index in [0.29, 0.717) is 5.56 Å². The van der Waals surface area contributed by atoms with Gasteiger partial charge in [-0.15, -0.1) is 12.4 Å². The molecule has 0 aromatic heterocycles. The fourth-order valence-electron chi connectivity index (χ4n) is 3.25. The molecule has 2 unspecified atom stereocenters. The van der Waals surface area contributed by atoms with E-state index >= 15 is 0 Å². The topological polar surface area (TPSA) is 63.4 Å². The fourth-order valence-corrected chi connectivity index (χ4v) is 3.25. The van der Waals surface area contributed by atoms with Gasteiger partial charge in [-0.3, -0.25) is 9.59 Å². The van der Waals surface area contributed by atoms with Gasteiger partial charge in [-0.1, -0.05) is 31.2 Å². The number of likely N-dealkylation sites (tertiary alicyclic amines) is 1. The van der Waals surface area contributed by atoms with E-state index < -0.39 is 0 Å². The second-order valence-electron chi connectivity index (χ2n) is 6.48. The molecule has 1 aromatic carbocycles. The molecule has 2 atom stereocenters. The molecule has 1 aliphatic heterocycles. The summed E-state index contributed by atoms with van der Waals surface area (Å²) in [6.07, 6.45) is 4.63. The Bertz CT molecular complexity index is 543. The Kier molecular flexibility index (Phi) is 8.43. The molecule has 4 nitrogen and oxygen atoms in total. The smallest absolute Gasteiger partial charge is 0.223 e. The minimum Gasteiger partial charge on any atom is -0.338 e. The van der Waals surface area contributed by atoms with E-state index in [1.54, 1.807) is 0 Å². The third kappa shape index (κ3) is 5.32. The van der Waals surface area contributed by atoms with Crippen molar-refractivity contribution in [1.29, 1.82) is 0 Å². The average Bonchev–Trinajstić information content (AvgIpc) is 2.59. The van der Waals surface area contributed by atoms with Gasteiger partial charge in [0.1, 0.15) is 0 Å². The number of carbonyl (C=O) groups is 2. The number of halogens is 1. The molecule has 1 aromatic rings. The van der Waals surface area contributed by atoms with Crippen molar-refractivity contribution in [3.8, 4) is 0 Å². The van der Waals surface area contributed by atoms with Crippen LogP contribution in [0.1, 0.15) is 61.9 Å². The zero-order valence-electron chi connectivity index (χ0n) is 14.7. The number of amides is 1. The SMILES string of the molecule is CCc1ccc(C(=O)CCC(=O)N2CCCCC2C(C)N)cc1.Cl. The van der Waals surface area contributed by atoms with E-state index in [-0.39, 0.29) is 49.0 Å². The van der Waals surface area contributed by atoms with Crippen LogP contribution in [-0.4, -0.2) is 35.2 Å². The van der Waals surface area contributed by atoms with Gasteiger partial charge in [0.2, 0.25) is 5.91 Å². The maximum atomic E-state index is 12.5. The lowest BCUT2D eigenvalue weighted by Gasteiger charge is -2.38. The van der Waals surface area contributed by atoms with Crippen molar-refractivity contribution in [3.63, 3.8) is 0 Å². The third-order valence-electron chi connectivity index (χ3n) is 4.73. The Hall–Kier alpha value is -1.39. The van der Waals surface area contributed by atoms with Gasteiger partial charge in [0, 0.05) is 37.0 Å². The van der Waals surface area contributed by atoms with Crippen molar-refractivity contribution in [3.05, 3.63) is 35.4 Å². The Balaban J connectivity index is 0.00000288. The van der Waals surface area contributed by atoms with Crippen molar-refractivity contribution in [2.75, 3.05) is 6.54 Å². The van der Waals surface area contributed by atoms with E-state index in [2.05, 4.69) is 6.92 Å². The van der Waals surface area contributed by atoms with Crippen molar-refractivity contribution in [2.45, 2.75) is 64.5 Å². The maximum absolute atomic E-state index is 12.5. The molecule has 2 rings (SSSR count). The van der Waals surface area contributed by atoms with Crippen LogP contribution in [0.15, 0.2) is 24.3 Å². The molecule has 1 saturated heterocycles. The van der Waals surface area contributed by atoms with Crippen molar-refractivity contribution < 1.29 is 9.59 Å². The maximum Gasteiger partial charge on any atom is 0.223 e. The Morgan fingerprint density at radius 2 is 1.88 bits per heavy atom. The zero-order valence-corrected chi connectivity index (χ0v) is 15.5. The minimum absolute atomic E-state index is 0. The van der Waals surface area contributed by atoms with Crippen LogP contribution in [-0.2, 0) is 11.2 Å². The first kappa shape index (κ1) is 20.7. The number of nitrogens with zero attached hydrogens (tertiary/aromatic N) is 1.